The third-order valence-electron chi connectivity index (χ3n) is 2.61. The van der Waals surface area contributed by atoms with E-state index in [1.54, 1.807) is 0 Å². The Labute approximate surface area is 112 Å². The highest BCUT2D eigenvalue weighted by atomic mass is 19.1. The van der Waals surface area contributed by atoms with E-state index in [1.165, 1.54) is 12.1 Å². The molecule has 0 bridgehead atoms. The number of aliphatic hydroxyl groups excluding tert-OH is 1. The molecule has 0 saturated carbocycles. The Morgan fingerprint density at radius 2 is 2.11 bits per heavy atom. The van der Waals surface area contributed by atoms with Crippen LogP contribution >= 0.6 is 0 Å². The fraction of sp³-hybridized carbons (Fsp3) is 0.500. The minimum Gasteiger partial charge on any atom is -0.398 e. The second-order valence-electron chi connectivity index (χ2n) is 5.86. The average Bonchev–Trinajstić information content (AvgIpc) is 2.27. The molecule has 0 aromatic heterocycles. The molecule has 0 saturated heterocycles. The first-order chi connectivity index (χ1) is 8.69. The molecule has 0 aliphatic carbocycles. The van der Waals surface area contributed by atoms with Crippen LogP contribution in [0.1, 0.15) is 37.6 Å². The van der Waals surface area contributed by atoms with E-state index < -0.39 is 17.8 Å². The number of rotatable bonds is 4. The number of halogens is 1. The first-order valence-corrected chi connectivity index (χ1v) is 6.20. The monoisotopic (exact) mass is 268 g/mol. The number of amides is 1. The number of benzene rings is 1. The number of carbonyl (C=O) groups excluding carboxylic acids is 1. The van der Waals surface area contributed by atoms with Crippen LogP contribution in [-0.4, -0.2) is 23.7 Å². The highest BCUT2D eigenvalue weighted by molar-refractivity contribution is 5.99. The predicted molar refractivity (Wildman–Crippen MR) is 73.2 cm³/mol. The fourth-order valence-electron chi connectivity index (χ4n) is 1.81. The van der Waals surface area contributed by atoms with Crippen molar-refractivity contribution in [3.05, 3.63) is 29.6 Å². The Balaban J connectivity index is 2.58. The van der Waals surface area contributed by atoms with Crippen LogP contribution in [0, 0.1) is 11.2 Å². The van der Waals surface area contributed by atoms with Crippen LogP contribution in [0.5, 0.6) is 0 Å². The van der Waals surface area contributed by atoms with Gasteiger partial charge in [0.05, 0.1) is 11.7 Å². The SMILES string of the molecule is CC(C)(C)CC(O)CNC(=O)c1cc(F)ccc1N. The van der Waals surface area contributed by atoms with Crippen LogP contribution < -0.4 is 11.1 Å². The van der Waals surface area contributed by atoms with E-state index in [2.05, 4.69) is 5.32 Å². The van der Waals surface area contributed by atoms with Gasteiger partial charge in [0.25, 0.3) is 5.91 Å². The van der Waals surface area contributed by atoms with Crippen molar-refractivity contribution in [3.8, 4) is 0 Å². The summed E-state index contributed by atoms with van der Waals surface area (Å²) in [6.07, 6.45) is -0.0786. The summed E-state index contributed by atoms with van der Waals surface area (Å²) in [6.45, 7) is 6.12. The van der Waals surface area contributed by atoms with E-state index in [-0.39, 0.29) is 23.2 Å². The molecule has 106 valence electrons. The highest BCUT2D eigenvalue weighted by Crippen LogP contribution is 2.20. The molecule has 0 fully saturated rings. The standard InChI is InChI=1S/C14H21FN2O2/c1-14(2,3)7-10(18)8-17-13(19)11-6-9(15)4-5-12(11)16/h4-6,10,18H,7-8,16H2,1-3H3,(H,17,19). The summed E-state index contributed by atoms with van der Waals surface area (Å²) < 4.78 is 13.0. The second-order valence-corrected chi connectivity index (χ2v) is 5.86. The van der Waals surface area contributed by atoms with Crippen molar-refractivity contribution in [2.45, 2.75) is 33.3 Å². The molecule has 1 atom stereocenters. The molecule has 4 nitrogen and oxygen atoms in total. The van der Waals surface area contributed by atoms with Gasteiger partial charge in [-0.1, -0.05) is 20.8 Å². The van der Waals surface area contributed by atoms with Gasteiger partial charge in [-0.05, 0) is 30.0 Å². The van der Waals surface area contributed by atoms with E-state index in [0.717, 1.165) is 6.07 Å². The number of anilines is 1. The van der Waals surface area contributed by atoms with E-state index in [9.17, 15) is 14.3 Å². The molecular formula is C14H21FN2O2. The van der Waals surface area contributed by atoms with E-state index in [0.29, 0.717) is 6.42 Å². The van der Waals surface area contributed by atoms with E-state index in [1.807, 2.05) is 20.8 Å². The predicted octanol–water partition coefficient (Wildman–Crippen LogP) is 1.93. The van der Waals surface area contributed by atoms with Crippen LogP contribution in [0.2, 0.25) is 0 Å². The van der Waals surface area contributed by atoms with Gasteiger partial charge in [-0.15, -0.1) is 0 Å². The number of hydrogen-bond donors (Lipinski definition) is 3. The number of carbonyl (C=O) groups is 1. The maximum absolute atomic E-state index is 13.0. The molecule has 1 rings (SSSR count). The Kier molecular flexibility index (Phi) is 4.89. The molecule has 1 aromatic rings. The molecule has 4 N–H and O–H groups in total. The summed E-state index contributed by atoms with van der Waals surface area (Å²) in [4.78, 5) is 11.8. The molecule has 19 heavy (non-hydrogen) atoms. The summed E-state index contributed by atoms with van der Waals surface area (Å²) in [6, 6.07) is 3.62. The largest absolute Gasteiger partial charge is 0.398 e. The van der Waals surface area contributed by atoms with Gasteiger partial charge in [0, 0.05) is 12.2 Å². The number of aliphatic hydroxyl groups is 1. The minimum atomic E-state index is -0.640. The van der Waals surface area contributed by atoms with Crippen LogP contribution in [0.25, 0.3) is 0 Å². The zero-order valence-electron chi connectivity index (χ0n) is 11.5. The van der Waals surface area contributed by atoms with Gasteiger partial charge in [-0.3, -0.25) is 4.79 Å². The zero-order valence-corrected chi connectivity index (χ0v) is 11.5. The molecule has 1 aromatic carbocycles. The summed E-state index contributed by atoms with van der Waals surface area (Å²) in [5.41, 5.74) is 5.88. The molecular weight excluding hydrogens is 247 g/mol. The van der Waals surface area contributed by atoms with Gasteiger partial charge in [0.1, 0.15) is 5.82 Å². The van der Waals surface area contributed by atoms with Gasteiger partial charge in [-0.2, -0.15) is 0 Å². The summed E-state index contributed by atoms with van der Waals surface area (Å²) >= 11 is 0. The number of nitrogen functional groups attached to an aromatic ring is 1. The van der Waals surface area contributed by atoms with Gasteiger partial charge in [0.2, 0.25) is 0 Å². The van der Waals surface area contributed by atoms with E-state index >= 15 is 0 Å². The molecule has 5 heteroatoms. The van der Waals surface area contributed by atoms with Crippen molar-refractivity contribution < 1.29 is 14.3 Å². The smallest absolute Gasteiger partial charge is 0.253 e. The number of hydrogen-bond acceptors (Lipinski definition) is 3. The number of nitrogens with one attached hydrogen (secondary N) is 1. The third-order valence-corrected chi connectivity index (χ3v) is 2.61. The van der Waals surface area contributed by atoms with Gasteiger partial charge in [0.15, 0.2) is 0 Å². The van der Waals surface area contributed by atoms with Crippen LogP contribution in [-0.2, 0) is 0 Å². The lowest BCUT2D eigenvalue weighted by Crippen LogP contribution is -2.34. The molecule has 0 heterocycles. The molecule has 0 spiro atoms. The quantitative estimate of drug-likeness (QED) is 0.730. The van der Waals surface area contributed by atoms with Crippen molar-refractivity contribution in [2.24, 2.45) is 5.41 Å². The lowest BCUT2D eigenvalue weighted by atomic mass is 9.89. The topological polar surface area (TPSA) is 75.3 Å². The minimum absolute atomic E-state index is 0.0258. The van der Waals surface area contributed by atoms with Gasteiger partial charge < -0.3 is 16.2 Å². The second kappa shape index (κ2) is 6.02. The van der Waals surface area contributed by atoms with Crippen LogP contribution in [0.3, 0.4) is 0 Å². The molecule has 0 radical (unpaired) electrons. The normalized spacial score (nSPS) is 13.1. The summed E-state index contributed by atoms with van der Waals surface area (Å²) in [5.74, 6) is -1.00. The van der Waals surface area contributed by atoms with Crippen LogP contribution in [0.4, 0.5) is 10.1 Å². The molecule has 0 aliphatic rings. The maximum Gasteiger partial charge on any atom is 0.253 e. The first-order valence-electron chi connectivity index (χ1n) is 6.20. The van der Waals surface area contributed by atoms with Crippen molar-refractivity contribution in [1.82, 2.24) is 5.32 Å². The lowest BCUT2D eigenvalue weighted by molar-refractivity contribution is 0.0869. The molecule has 0 aliphatic heterocycles. The van der Waals surface area contributed by atoms with Crippen molar-refractivity contribution in [2.75, 3.05) is 12.3 Å². The number of nitrogens with two attached hydrogens (primary N) is 1. The maximum atomic E-state index is 13.0. The Hall–Kier alpha value is -1.62. The van der Waals surface area contributed by atoms with Crippen molar-refractivity contribution in [3.63, 3.8) is 0 Å². The summed E-state index contributed by atoms with van der Waals surface area (Å²) in [5, 5.41) is 12.3. The zero-order chi connectivity index (χ0) is 14.6. The Morgan fingerprint density at radius 1 is 1.47 bits per heavy atom. The van der Waals surface area contributed by atoms with Gasteiger partial charge >= 0.3 is 0 Å². The van der Waals surface area contributed by atoms with Crippen molar-refractivity contribution in [1.29, 1.82) is 0 Å². The van der Waals surface area contributed by atoms with Gasteiger partial charge in [-0.25, -0.2) is 4.39 Å². The first kappa shape index (κ1) is 15.4. The average molecular weight is 268 g/mol. The lowest BCUT2D eigenvalue weighted by Gasteiger charge is -2.22. The van der Waals surface area contributed by atoms with E-state index in [4.69, 9.17) is 5.73 Å². The molecule has 1 unspecified atom stereocenters. The Morgan fingerprint density at radius 3 is 2.68 bits per heavy atom. The summed E-state index contributed by atoms with van der Waals surface area (Å²) in [7, 11) is 0. The fourth-order valence-corrected chi connectivity index (χ4v) is 1.81. The van der Waals surface area contributed by atoms with Crippen molar-refractivity contribution >= 4 is 11.6 Å². The highest BCUT2D eigenvalue weighted by Gasteiger charge is 2.18. The van der Waals surface area contributed by atoms with Crippen LogP contribution in [0.15, 0.2) is 18.2 Å². The molecule has 1 amide bonds. The third kappa shape index (κ3) is 5.26. The Bertz CT molecular complexity index is 455.